The Labute approximate surface area is 101 Å². The normalized spacial score (nSPS) is 14.9. The van der Waals surface area contributed by atoms with Gasteiger partial charge in [0.15, 0.2) is 0 Å². The highest BCUT2D eigenvalue weighted by Crippen LogP contribution is 2.36. The van der Waals surface area contributed by atoms with Crippen LogP contribution in [-0.4, -0.2) is 24.7 Å². The number of carbonyl (C=O) groups is 1. The third-order valence-corrected chi connectivity index (χ3v) is 3.78. The molecule has 0 fully saturated rings. The number of hydrogen-bond acceptors (Lipinski definition) is 3. The van der Waals surface area contributed by atoms with Gasteiger partial charge in [-0.25, -0.2) is 0 Å². The molecule has 15 heavy (non-hydrogen) atoms. The third-order valence-electron chi connectivity index (χ3n) is 2.26. The van der Waals surface area contributed by atoms with Crippen molar-refractivity contribution in [2.75, 3.05) is 23.7 Å². The largest absolute Gasteiger partial charge is 0.322 e. The van der Waals surface area contributed by atoms with Crippen LogP contribution in [0.5, 0.6) is 0 Å². The summed E-state index contributed by atoms with van der Waals surface area (Å²) in [6.45, 7) is 0.815. The fraction of sp³-hybridized carbons (Fsp3) is 0.300. The van der Waals surface area contributed by atoms with Gasteiger partial charge in [0.2, 0.25) is 5.91 Å². The van der Waals surface area contributed by atoms with E-state index in [9.17, 15) is 4.79 Å². The minimum absolute atomic E-state index is 0.0149. The molecule has 0 radical (unpaired) electrons. The van der Waals surface area contributed by atoms with Crippen molar-refractivity contribution in [3.8, 4) is 0 Å². The molecule has 1 amide bonds. The molecular weight excluding hydrogens is 276 g/mol. The van der Waals surface area contributed by atoms with Gasteiger partial charge in [-0.05, 0) is 18.2 Å². The summed E-state index contributed by atoms with van der Waals surface area (Å²) < 4.78 is 1.04. The maximum absolute atomic E-state index is 11.6. The highest BCUT2D eigenvalue weighted by atomic mass is 79.9. The monoisotopic (exact) mass is 286 g/mol. The van der Waals surface area contributed by atoms with Crippen molar-refractivity contribution >= 4 is 39.3 Å². The van der Waals surface area contributed by atoms with E-state index in [1.54, 1.807) is 16.7 Å². The average Bonchev–Trinajstić information content (AvgIpc) is 2.26. The number of benzene rings is 1. The molecule has 0 aliphatic carbocycles. The molecule has 1 aromatic rings. The second-order valence-electron chi connectivity index (χ2n) is 3.21. The van der Waals surface area contributed by atoms with Crippen LogP contribution in [0.3, 0.4) is 0 Å². The smallest absolute Gasteiger partial charge is 0.240 e. The molecule has 2 N–H and O–H groups in total. The van der Waals surface area contributed by atoms with E-state index in [4.69, 9.17) is 5.73 Å². The lowest BCUT2D eigenvalue weighted by molar-refractivity contribution is -0.117. The van der Waals surface area contributed by atoms with Gasteiger partial charge in [-0.15, -0.1) is 11.8 Å². The lowest BCUT2D eigenvalue weighted by atomic mass is 10.2. The molecule has 0 atom stereocenters. The number of nitrogens with two attached hydrogens (primary N) is 1. The Morgan fingerprint density at radius 3 is 3.13 bits per heavy atom. The van der Waals surface area contributed by atoms with Crippen LogP contribution in [0.2, 0.25) is 0 Å². The third kappa shape index (κ3) is 2.19. The Morgan fingerprint density at radius 2 is 2.40 bits per heavy atom. The van der Waals surface area contributed by atoms with Crippen molar-refractivity contribution in [2.24, 2.45) is 5.73 Å². The maximum Gasteiger partial charge on any atom is 0.240 e. The molecule has 0 unspecified atom stereocenters. The Balaban J connectivity index is 2.38. The first-order valence-electron chi connectivity index (χ1n) is 4.65. The quantitative estimate of drug-likeness (QED) is 0.857. The van der Waals surface area contributed by atoms with Crippen molar-refractivity contribution in [1.82, 2.24) is 0 Å². The molecule has 1 heterocycles. The fourth-order valence-corrected chi connectivity index (χ4v) is 3.11. The van der Waals surface area contributed by atoms with Gasteiger partial charge >= 0.3 is 0 Å². The average molecular weight is 287 g/mol. The number of nitrogens with zero attached hydrogens (tertiary/aromatic N) is 1. The number of hydrogen-bond donors (Lipinski definition) is 1. The van der Waals surface area contributed by atoms with E-state index in [0.29, 0.717) is 0 Å². The Hall–Kier alpha value is -0.520. The van der Waals surface area contributed by atoms with Crippen molar-refractivity contribution < 1.29 is 4.79 Å². The fourth-order valence-electron chi connectivity index (χ4n) is 1.56. The minimum Gasteiger partial charge on any atom is -0.322 e. The number of fused-ring (bicyclic) bond motifs is 1. The van der Waals surface area contributed by atoms with Crippen LogP contribution < -0.4 is 10.6 Å². The van der Waals surface area contributed by atoms with Gasteiger partial charge in [-0.3, -0.25) is 4.79 Å². The van der Waals surface area contributed by atoms with E-state index in [1.807, 2.05) is 18.2 Å². The van der Waals surface area contributed by atoms with Crippen molar-refractivity contribution in [3.63, 3.8) is 0 Å². The summed E-state index contributed by atoms with van der Waals surface area (Å²) in [4.78, 5) is 14.5. The van der Waals surface area contributed by atoms with Crippen molar-refractivity contribution in [3.05, 3.63) is 22.7 Å². The summed E-state index contributed by atoms with van der Waals surface area (Å²) in [6, 6.07) is 5.94. The molecule has 0 saturated heterocycles. The van der Waals surface area contributed by atoms with Crippen LogP contribution in [0.1, 0.15) is 0 Å². The van der Waals surface area contributed by atoms with E-state index >= 15 is 0 Å². The summed E-state index contributed by atoms with van der Waals surface area (Å²) in [6.07, 6.45) is 0. The van der Waals surface area contributed by atoms with Crippen LogP contribution in [0.4, 0.5) is 5.69 Å². The number of anilines is 1. The van der Waals surface area contributed by atoms with E-state index < -0.39 is 0 Å². The predicted octanol–water partition coefficient (Wildman–Crippen LogP) is 1.85. The molecule has 0 saturated carbocycles. The topological polar surface area (TPSA) is 46.3 Å². The highest BCUT2D eigenvalue weighted by Gasteiger charge is 2.21. The number of halogens is 1. The highest BCUT2D eigenvalue weighted by molar-refractivity contribution is 9.10. The zero-order chi connectivity index (χ0) is 10.8. The lowest BCUT2D eigenvalue weighted by Crippen LogP contribution is -2.39. The number of thioether (sulfide) groups is 1. The minimum atomic E-state index is -0.0149. The SMILES string of the molecule is NCC(=O)N1CCSc2cc(Br)ccc21. The van der Waals surface area contributed by atoms with Gasteiger partial charge in [0.25, 0.3) is 0 Å². The van der Waals surface area contributed by atoms with Crippen LogP contribution in [-0.2, 0) is 4.79 Å². The zero-order valence-corrected chi connectivity index (χ0v) is 10.5. The van der Waals surface area contributed by atoms with E-state index in [2.05, 4.69) is 15.9 Å². The van der Waals surface area contributed by atoms with Gasteiger partial charge in [0, 0.05) is 21.7 Å². The predicted molar refractivity (Wildman–Crippen MR) is 66.3 cm³/mol. The van der Waals surface area contributed by atoms with Crippen molar-refractivity contribution in [1.29, 1.82) is 0 Å². The standard InChI is InChI=1S/C10H11BrN2OS/c11-7-1-2-8-9(5-7)15-4-3-13(8)10(14)6-12/h1-2,5H,3-4,6,12H2. The lowest BCUT2D eigenvalue weighted by Gasteiger charge is -2.28. The summed E-state index contributed by atoms with van der Waals surface area (Å²) in [5.74, 6) is 0.911. The number of rotatable bonds is 1. The van der Waals surface area contributed by atoms with Gasteiger partial charge in [-0.1, -0.05) is 15.9 Å². The molecule has 2 rings (SSSR count). The summed E-state index contributed by atoms with van der Waals surface area (Å²) in [5.41, 5.74) is 6.36. The van der Waals surface area contributed by atoms with E-state index in [1.165, 1.54) is 0 Å². The van der Waals surface area contributed by atoms with Crippen LogP contribution >= 0.6 is 27.7 Å². The van der Waals surface area contributed by atoms with Gasteiger partial charge in [0.1, 0.15) is 0 Å². The molecule has 3 nitrogen and oxygen atoms in total. The van der Waals surface area contributed by atoms with Gasteiger partial charge in [-0.2, -0.15) is 0 Å². The second kappa shape index (κ2) is 4.55. The Bertz CT molecular complexity index is 397. The van der Waals surface area contributed by atoms with Crippen LogP contribution in [0.15, 0.2) is 27.6 Å². The van der Waals surface area contributed by atoms with E-state index in [0.717, 1.165) is 27.4 Å². The molecule has 0 spiro atoms. The molecule has 1 aliphatic heterocycles. The van der Waals surface area contributed by atoms with Gasteiger partial charge in [0.05, 0.1) is 12.2 Å². The van der Waals surface area contributed by atoms with Crippen LogP contribution in [0, 0.1) is 0 Å². The molecule has 5 heteroatoms. The second-order valence-corrected chi connectivity index (χ2v) is 5.26. The molecule has 1 aliphatic rings. The van der Waals surface area contributed by atoms with Crippen molar-refractivity contribution in [2.45, 2.75) is 4.90 Å². The molecule has 0 bridgehead atoms. The van der Waals surface area contributed by atoms with E-state index in [-0.39, 0.29) is 12.5 Å². The molecule has 80 valence electrons. The first-order chi connectivity index (χ1) is 7.22. The summed E-state index contributed by atoms with van der Waals surface area (Å²) >= 11 is 5.19. The molecular formula is C10H11BrN2OS. The zero-order valence-electron chi connectivity index (χ0n) is 8.07. The van der Waals surface area contributed by atoms with Gasteiger partial charge < -0.3 is 10.6 Å². The molecule has 1 aromatic carbocycles. The summed E-state index contributed by atoms with van der Waals surface area (Å²) in [7, 11) is 0. The molecule has 0 aromatic heterocycles. The first kappa shape index (κ1) is 11.0. The van der Waals surface area contributed by atoms with Crippen LogP contribution in [0.25, 0.3) is 0 Å². The first-order valence-corrected chi connectivity index (χ1v) is 6.43. The Kier molecular flexibility index (Phi) is 3.33. The Morgan fingerprint density at radius 1 is 1.60 bits per heavy atom. The number of carbonyl (C=O) groups excluding carboxylic acids is 1. The number of amides is 1. The maximum atomic E-state index is 11.6. The summed E-state index contributed by atoms with van der Waals surface area (Å²) in [5, 5.41) is 0.